The summed E-state index contributed by atoms with van der Waals surface area (Å²) in [5.74, 6) is 0. The van der Waals surface area contributed by atoms with Gasteiger partial charge in [0.1, 0.15) is 0 Å². The lowest BCUT2D eigenvalue weighted by molar-refractivity contribution is 1.51. The zero-order chi connectivity index (χ0) is 17.1. The van der Waals surface area contributed by atoms with E-state index in [2.05, 4.69) is 67.5 Å². The smallest absolute Gasteiger partial charge is 0.0653 e. The van der Waals surface area contributed by atoms with E-state index in [0.717, 1.165) is 0 Å². The summed E-state index contributed by atoms with van der Waals surface area (Å²) in [7, 11) is 0. The van der Waals surface area contributed by atoms with Gasteiger partial charge < -0.3 is 4.98 Å². The van der Waals surface area contributed by atoms with Crippen LogP contribution < -0.4 is 0 Å². The van der Waals surface area contributed by atoms with Crippen molar-refractivity contribution in [2.75, 3.05) is 0 Å². The molecule has 0 aliphatic carbocycles. The number of aromatic nitrogens is 1. The van der Waals surface area contributed by atoms with Crippen LogP contribution in [0, 0.1) is 6.92 Å². The number of benzene rings is 3. The largest absolute Gasteiger partial charge is 0.353 e. The molecule has 0 bridgehead atoms. The number of aromatic amines is 1. The highest BCUT2D eigenvalue weighted by Crippen LogP contribution is 2.45. The van der Waals surface area contributed by atoms with Gasteiger partial charge in [-0.05, 0) is 35.7 Å². The average Bonchev–Trinajstić information content (AvgIpc) is 3.20. The summed E-state index contributed by atoms with van der Waals surface area (Å²) in [5.41, 5.74) is 6.02. The van der Waals surface area contributed by atoms with Crippen LogP contribution in [0.2, 0.25) is 0 Å². The fourth-order valence-corrected chi connectivity index (χ4v) is 5.27. The van der Waals surface area contributed by atoms with Crippen molar-refractivity contribution in [3.8, 4) is 0 Å². The molecule has 1 nitrogen and oxygen atoms in total. The van der Waals surface area contributed by atoms with Crippen molar-refractivity contribution < 1.29 is 0 Å². The number of fused-ring (bicyclic) bond motifs is 7. The van der Waals surface area contributed by atoms with Crippen molar-refractivity contribution in [2.45, 2.75) is 6.92 Å². The van der Waals surface area contributed by atoms with Gasteiger partial charge in [-0.15, -0.1) is 11.3 Å². The van der Waals surface area contributed by atoms with Gasteiger partial charge in [-0.3, -0.25) is 0 Å². The number of hydrogen-bond donors (Lipinski definition) is 1. The fraction of sp³-hybridized carbons (Fsp3) is 0.0435. The van der Waals surface area contributed by atoms with Crippen molar-refractivity contribution in [3.63, 3.8) is 0 Å². The number of thiophene rings is 1. The molecular weight excluding hydrogens is 322 g/mol. The van der Waals surface area contributed by atoms with E-state index in [1.165, 1.54) is 58.7 Å². The molecule has 0 fully saturated rings. The summed E-state index contributed by atoms with van der Waals surface area (Å²) >= 11 is 1.85. The van der Waals surface area contributed by atoms with Crippen molar-refractivity contribution in [1.82, 2.24) is 4.98 Å². The Morgan fingerprint density at radius 3 is 2.44 bits per heavy atom. The van der Waals surface area contributed by atoms with Crippen molar-refractivity contribution in [1.29, 1.82) is 0 Å². The SMILES string of the molecule is C=Cc1c(C=C)c2c([nH]c3cccc(C)c32)c2sc3ccccc3c12. The highest BCUT2D eigenvalue weighted by Gasteiger charge is 2.19. The van der Waals surface area contributed by atoms with Crippen LogP contribution in [0.15, 0.2) is 55.6 Å². The van der Waals surface area contributed by atoms with E-state index in [4.69, 9.17) is 0 Å². The first-order valence-corrected chi connectivity index (χ1v) is 9.19. The highest BCUT2D eigenvalue weighted by atomic mass is 32.1. The van der Waals surface area contributed by atoms with Crippen molar-refractivity contribution in [3.05, 3.63) is 72.3 Å². The number of nitrogens with one attached hydrogen (secondary N) is 1. The lowest BCUT2D eigenvalue weighted by atomic mass is 9.94. The molecule has 0 aliphatic heterocycles. The van der Waals surface area contributed by atoms with E-state index in [-0.39, 0.29) is 0 Å². The molecule has 0 unspecified atom stereocenters. The highest BCUT2D eigenvalue weighted by molar-refractivity contribution is 7.26. The van der Waals surface area contributed by atoms with Gasteiger partial charge >= 0.3 is 0 Å². The first-order valence-electron chi connectivity index (χ1n) is 8.37. The van der Waals surface area contributed by atoms with E-state index in [0.29, 0.717) is 0 Å². The minimum Gasteiger partial charge on any atom is -0.353 e. The number of rotatable bonds is 2. The summed E-state index contributed by atoms with van der Waals surface area (Å²) in [6.07, 6.45) is 3.96. The van der Waals surface area contributed by atoms with E-state index in [1.54, 1.807) is 0 Å². The minimum absolute atomic E-state index is 1.17. The molecule has 0 atom stereocenters. The molecule has 2 heterocycles. The lowest BCUT2D eigenvalue weighted by Crippen LogP contribution is -1.86. The summed E-state index contributed by atoms with van der Waals surface area (Å²) < 4.78 is 2.60. The van der Waals surface area contributed by atoms with E-state index in [9.17, 15) is 0 Å². The summed E-state index contributed by atoms with van der Waals surface area (Å²) in [4.78, 5) is 3.68. The number of H-pyrrole nitrogens is 1. The first kappa shape index (κ1) is 14.5. The zero-order valence-corrected chi connectivity index (χ0v) is 14.8. The van der Waals surface area contributed by atoms with Crippen molar-refractivity contribution >= 4 is 65.5 Å². The Balaban J connectivity index is 2.21. The molecule has 2 heteroatoms. The maximum Gasteiger partial charge on any atom is 0.0653 e. The Kier molecular flexibility index (Phi) is 2.94. The van der Waals surface area contributed by atoms with E-state index in [1.807, 2.05) is 23.5 Å². The molecule has 0 amide bonds. The second-order valence-electron chi connectivity index (χ2n) is 6.41. The predicted molar refractivity (Wildman–Crippen MR) is 114 cm³/mol. The predicted octanol–water partition coefficient (Wildman–Crippen LogP) is 7.28. The van der Waals surface area contributed by atoms with Crippen LogP contribution in [-0.4, -0.2) is 4.98 Å². The zero-order valence-electron chi connectivity index (χ0n) is 14.0. The third kappa shape index (κ3) is 1.77. The number of hydrogen-bond acceptors (Lipinski definition) is 1. The van der Waals surface area contributed by atoms with Gasteiger partial charge in [0, 0.05) is 31.8 Å². The second kappa shape index (κ2) is 5.08. The van der Waals surface area contributed by atoms with E-state index >= 15 is 0 Å². The third-order valence-electron chi connectivity index (χ3n) is 5.09. The molecule has 120 valence electrons. The molecule has 0 aliphatic rings. The molecule has 5 aromatic rings. The maximum absolute atomic E-state index is 4.12. The van der Waals surface area contributed by atoms with Gasteiger partial charge in [-0.1, -0.05) is 55.6 Å². The van der Waals surface area contributed by atoms with E-state index < -0.39 is 0 Å². The van der Waals surface area contributed by atoms with Gasteiger partial charge in [-0.25, -0.2) is 0 Å². The third-order valence-corrected chi connectivity index (χ3v) is 6.28. The Labute approximate surface area is 149 Å². The quantitative estimate of drug-likeness (QED) is 0.348. The van der Waals surface area contributed by atoms with Crippen LogP contribution in [0.4, 0.5) is 0 Å². The standard InChI is InChI=1S/C23H17NS/c1-4-14-15(5-2)21-19-13(3)9-8-11-17(19)24-22(21)23-20(14)16-10-6-7-12-18(16)25-23/h4-12,24H,1-2H2,3H3. The molecular formula is C23H17NS. The van der Waals surface area contributed by atoms with Crippen LogP contribution in [0.3, 0.4) is 0 Å². The molecule has 25 heavy (non-hydrogen) atoms. The second-order valence-corrected chi connectivity index (χ2v) is 7.46. The molecule has 3 aromatic carbocycles. The average molecular weight is 339 g/mol. The van der Waals surface area contributed by atoms with Crippen LogP contribution in [0.25, 0.3) is 54.1 Å². The monoisotopic (exact) mass is 339 g/mol. The van der Waals surface area contributed by atoms with Gasteiger partial charge in [-0.2, -0.15) is 0 Å². The normalized spacial score (nSPS) is 11.7. The van der Waals surface area contributed by atoms with Gasteiger partial charge in [0.05, 0.1) is 10.2 Å². The lowest BCUT2D eigenvalue weighted by Gasteiger charge is -2.08. The molecule has 1 N–H and O–H groups in total. The summed E-state index contributed by atoms with van der Waals surface area (Å²) in [5, 5.41) is 5.12. The summed E-state index contributed by atoms with van der Waals surface area (Å²) in [6.45, 7) is 10.4. The van der Waals surface area contributed by atoms with Gasteiger partial charge in [0.15, 0.2) is 0 Å². The van der Waals surface area contributed by atoms with Crippen LogP contribution >= 0.6 is 11.3 Å². The maximum atomic E-state index is 4.12. The topological polar surface area (TPSA) is 15.8 Å². The van der Waals surface area contributed by atoms with Crippen LogP contribution in [-0.2, 0) is 0 Å². The minimum atomic E-state index is 1.17. The van der Waals surface area contributed by atoms with Gasteiger partial charge in [0.25, 0.3) is 0 Å². The molecule has 2 aromatic heterocycles. The Bertz CT molecular complexity index is 1330. The molecule has 0 saturated heterocycles. The Morgan fingerprint density at radius 2 is 1.64 bits per heavy atom. The van der Waals surface area contributed by atoms with Crippen molar-refractivity contribution in [2.24, 2.45) is 0 Å². The van der Waals surface area contributed by atoms with Crippen LogP contribution in [0.5, 0.6) is 0 Å². The van der Waals surface area contributed by atoms with Crippen LogP contribution in [0.1, 0.15) is 16.7 Å². The fourth-order valence-electron chi connectivity index (χ4n) is 4.05. The molecule has 0 spiro atoms. The molecule has 0 saturated carbocycles. The molecule has 0 radical (unpaired) electrons. The van der Waals surface area contributed by atoms with Gasteiger partial charge in [0.2, 0.25) is 0 Å². The summed E-state index contributed by atoms with van der Waals surface area (Å²) in [6, 6.07) is 15.0. The molecule has 5 rings (SSSR count). The Hall–Kier alpha value is -2.84. The Morgan fingerprint density at radius 1 is 0.880 bits per heavy atom. The first-order chi connectivity index (χ1) is 12.2. The number of aryl methyl sites for hydroxylation is 1.